The molecule has 0 aliphatic heterocycles. The van der Waals surface area contributed by atoms with E-state index in [-0.39, 0.29) is 17.7 Å². The summed E-state index contributed by atoms with van der Waals surface area (Å²) in [7, 11) is 0. The lowest BCUT2D eigenvalue weighted by Crippen LogP contribution is -2.32. The van der Waals surface area contributed by atoms with Crippen LogP contribution in [0.3, 0.4) is 0 Å². The molecular formula is C11H14BrClN2O2. The third kappa shape index (κ3) is 3.94. The first-order chi connectivity index (χ1) is 8.10. The van der Waals surface area contributed by atoms with Gasteiger partial charge >= 0.3 is 0 Å². The zero-order valence-electron chi connectivity index (χ0n) is 9.49. The number of nitrogens with zero attached hydrogens (tertiary/aromatic N) is 2. The molecule has 1 aromatic heterocycles. The quantitative estimate of drug-likeness (QED) is 0.847. The summed E-state index contributed by atoms with van der Waals surface area (Å²) in [6.45, 7) is 3.03. The molecule has 1 amide bonds. The summed E-state index contributed by atoms with van der Waals surface area (Å²) in [6, 6.07) is 1.65. The number of aromatic nitrogens is 1. The van der Waals surface area contributed by atoms with Crippen molar-refractivity contribution in [2.45, 2.75) is 13.3 Å². The first-order valence-corrected chi connectivity index (χ1v) is 6.48. The van der Waals surface area contributed by atoms with Crippen LogP contribution >= 0.6 is 27.5 Å². The second-order valence-electron chi connectivity index (χ2n) is 3.45. The number of amides is 1. The monoisotopic (exact) mass is 320 g/mol. The van der Waals surface area contributed by atoms with Crippen molar-refractivity contribution in [1.82, 2.24) is 9.88 Å². The van der Waals surface area contributed by atoms with Gasteiger partial charge in [0.05, 0.1) is 5.56 Å². The van der Waals surface area contributed by atoms with Crippen LogP contribution in [0, 0.1) is 0 Å². The van der Waals surface area contributed by atoms with Crippen LogP contribution in [0.2, 0.25) is 5.15 Å². The van der Waals surface area contributed by atoms with Crippen molar-refractivity contribution >= 4 is 33.4 Å². The molecule has 0 saturated carbocycles. The molecule has 0 bridgehead atoms. The molecule has 4 nitrogen and oxygen atoms in total. The molecule has 0 atom stereocenters. The molecular weight excluding hydrogens is 307 g/mol. The minimum atomic E-state index is -0.167. The molecule has 0 aromatic carbocycles. The van der Waals surface area contributed by atoms with Crippen molar-refractivity contribution in [1.29, 1.82) is 0 Å². The maximum atomic E-state index is 12.2. The molecule has 6 heteroatoms. The maximum absolute atomic E-state index is 12.2. The summed E-state index contributed by atoms with van der Waals surface area (Å²) in [5.41, 5.74) is 0.376. The highest BCUT2D eigenvalue weighted by molar-refractivity contribution is 9.10. The molecule has 0 radical (unpaired) electrons. The molecule has 0 saturated heterocycles. The number of aliphatic hydroxyl groups is 1. The Kier molecular flexibility index (Phi) is 5.88. The van der Waals surface area contributed by atoms with E-state index >= 15 is 0 Å². The Morgan fingerprint density at radius 1 is 1.65 bits per heavy atom. The Morgan fingerprint density at radius 3 is 2.94 bits per heavy atom. The van der Waals surface area contributed by atoms with Gasteiger partial charge in [0.25, 0.3) is 5.91 Å². The zero-order chi connectivity index (χ0) is 12.8. The van der Waals surface area contributed by atoms with E-state index in [2.05, 4.69) is 20.9 Å². The predicted molar refractivity (Wildman–Crippen MR) is 70.2 cm³/mol. The first kappa shape index (κ1) is 14.4. The number of pyridine rings is 1. The van der Waals surface area contributed by atoms with Crippen molar-refractivity contribution in [2.75, 3.05) is 19.7 Å². The highest BCUT2D eigenvalue weighted by Gasteiger charge is 2.17. The normalized spacial score (nSPS) is 10.4. The van der Waals surface area contributed by atoms with Crippen LogP contribution in [0.1, 0.15) is 23.7 Å². The molecule has 0 aliphatic rings. The average molecular weight is 322 g/mol. The molecule has 1 aromatic rings. The van der Waals surface area contributed by atoms with Crippen molar-refractivity contribution in [3.8, 4) is 0 Å². The number of carbonyl (C=O) groups excluding carboxylic acids is 1. The Morgan fingerprint density at radius 2 is 2.35 bits per heavy atom. The largest absolute Gasteiger partial charge is 0.396 e. The molecule has 0 spiro atoms. The van der Waals surface area contributed by atoms with Crippen molar-refractivity contribution in [3.05, 3.63) is 27.5 Å². The number of carbonyl (C=O) groups is 1. The Hall–Kier alpha value is -0.650. The van der Waals surface area contributed by atoms with Crippen LogP contribution in [-0.4, -0.2) is 40.6 Å². The third-order valence-electron chi connectivity index (χ3n) is 2.29. The van der Waals surface area contributed by atoms with Crippen LogP contribution in [0.15, 0.2) is 16.7 Å². The highest BCUT2D eigenvalue weighted by atomic mass is 79.9. The van der Waals surface area contributed by atoms with Gasteiger partial charge < -0.3 is 10.0 Å². The molecule has 1 heterocycles. The number of hydrogen-bond donors (Lipinski definition) is 1. The van der Waals surface area contributed by atoms with E-state index in [4.69, 9.17) is 16.7 Å². The maximum Gasteiger partial charge on any atom is 0.257 e. The number of aliphatic hydroxyl groups excluding tert-OH is 1. The van der Waals surface area contributed by atoms with E-state index in [0.717, 1.165) is 0 Å². The summed E-state index contributed by atoms with van der Waals surface area (Å²) in [5, 5.41) is 8.97. The molecule has 1 rings (SSSR count). The van der Waals surface area contributed by atoms with Crippen LogP contribution in [0.4, 0.5) is 0 Å². The van der Waals surface area contributed by atoms with Gasteiger partial charge in [-0.1, -0.05) is 11.6 Å². The summed E-state index contributed by atoms with van der Waals surface area (Å²) in [5.74, 6) is -0.167. The van der Waals surface area contributed by atoms with Crippen molar-refractivity contribution < 1.29 is 9.90 Å². The van der Waals surface area contributed by atoms with Crippen LogP contribution in [-0.2, 0) is 0 Å². The van der Waals surface area contributed by atoms with Gasteiger partial charge in [0.1, 0.15) is 5.15 Å². The summed E-state index contributed by atoms with van der Waals surface area (Å²) in [6.07, 6.45) is 2.10. The average Bonchev–Trinajstić information content (AvgIpc) is 2.33. The fourth-order valence-corrected chi connectivity index (χ4v) is 1.92. The predicted octanol–water partition coefficient (Wildman–Crippen LogP) is 2.34. The van der Waals surface area contributed by atoms with Gasteiger partial charge in [0.15, 0.2) is 0 Å². The second kappa shape index (κ2) is 6.93. The van der Waals surface area contributed by atoms with Crippen molar-refractivity contribution in [2.24, 2.45) is 0 Å². The zero-order valence-corrected chi connectivity index (χ0v) is 11.8. The number of hydrogen-bond acceptors (Lipinski definition) is 3. The van der Waals surface area contributed by atoms with Gasteiger partial charge in [-0.15, -0.1) is 0 Å². The lowest BCUT2D eigenvalue weighted by atomic mass is 10.2. The SMILES string of the molecule is CCN(CCCO)C(=O)c1cc(Br)cnc1Cl. The lowest BCUT2D eigenvalue weighted by molar-refractivity contribution is 0.0754. The fourth-order valence-electron chi connectivity index (χ4n) is 1.41. The van der Waals surface area contributed by atoms with E-state index in [0.29, 0.717) is 29.5 Å². The van der Waals surface area contributed by atoms with E-state index in [9.17, 15) is 4.79 Å². The smallest absolute Gasteiger partial charge is 0.257 e. The third-order valence-corrected chi connectivity index (χ3v) is 3.03. The molecule has 1 N–H and O–H groups in total. The van der Waals surface area contributed by atoms with E-state index in [1.807, 2.05) is 6.92 Å². The Bertz CT molecular complexity index is 401. The first-order valence-electron chi connectivity index (χ1n) is 5.31. The second-order valence-corrected chi connectivity index (χ2v) is 4.73. The molecule has 0 unspecified atom stereocenters. The summed E-state index contributed by atoms with van der Waals surface area (Å²) in [4.78, 5) is 17.7. The number of halogens is 2. The van der Waals surface area contributed by atoms with Crippen LogP contribution in [0.25, 0.3) is 0 Å². The van der Waals surface area contributed by atoms with Gasteiger partial charge in [-0.2, -0.15) is 0 Å². The number of rotatable bonds is 5. The fraction of sp³-hybridized carbons (Fsp3) is 0.455. The topological polar surface area (TPSA) is 53.4 Å². The van der Waals surface area contributed by atoms with Gasteiger partial charge in [0, 0.05) is 30.4 Å². The lowest BCUT2D eigenvalue weighted by Gasteiger charge is -2.20. The van der Waals surface area contributed by atoms with E-state index in [1.54, 1.807) is 17.2 Å². The van der Waals surface area contributed by atoms with E-state index < -0.39 is 0 Å². The van der Waals surface area contributed by atoms with Gasteiger partial charge in [-0.3, -0.25) is 4.79 Å². The minimum Gasteiger partial charge on any atom is -0.396 e. The van der Waals surface area contributed by atoms with Crippen LogP contribution < -0.4 is 0 Å². The molecule has 17 heavy (non-hydrogen) atoms. The Balaban J connectivity index is 2.89. The van der Waals surface area contributed by atoms with E-state index in [1.165, 1.54) is 0 Å². The minimum absolute atomic E-state index is 0.0637. The molecule has 0 aliphatic carbocycles. The summed E-state index contributed by atoms with van der Waals surface area (Å²) >= 11 is 9.15. The van der Waals surface area contributed by atoms with Crippen LogP contribution in [0.5, 0.6) is 0 Å². The van der Waals surface area contributed by atoms with Gasteiger partial charge in [0.2, 0.25) is 0 Å². The Labute approximate surface area is 114 Å². The summed E-state index contributed by atoms with van der Waals surface area (Å²) < 4.78 is 0.712. The molecule has 0 fully saturated rings. The van der Waals surface area contributed by atoms with Gasteiger partial charge in [-0.25, -0.2) is 4.98 Å². The highest BCUT2D eigenvalue weighted by Crippen LogP contribution is 2.19. The van der Waals surface area contributed by atoms with Crippen molar-refractivity contribution in [3.63, 3.8) is 0 Å². The molecule has 94 valence electrons. The van der Waals surface area contributed by atoms with Gasteiger partial charge in [-0.05, 0) is 35.3 Å². The standard InChI is InChI=1S/C11H14BrClN2O2/c1-2-15(4-3-5-16)11(17)9-6-8(12)7-14-10(9)13/h6-7,16H,2-5H2,1H3.